The standard InChI is InChI=1S/C7H8BClN2O/c8-5-3-1-2-4(6(5)9)7(10)11-12/h1-3,12H,8H2,(H2,10,11). The van der Waals surface area contributed by atoms with Crippen molar-refractivity contribution < 1.29 is 5.21 Å². The number of rotatable bonds is 1. The minimum absolute atomic E-state index is 0.0312. The summed E-state index contributed by atoms with van der Waals surface area (Å²) in [5.74, 6) is 0.0312. The van der Waals surface area contributed by atoms with E-state index in [1.54, 1.807) is 12.1 Å². The van der Waals surface area contributed by atoms with Gasteiger partial charge in [0.2, 0.25) is 0 Å². The third-order valence-corrected chi connectivity index (χ3v) is 2.08. The number of hydrogen-bond donors (Lipinski definition) is 2. The molecule has 5 heteroatoms. The Morgan fingerprint density at radius 1 is 1.58 bits per heavy atom. The summed E-state index contributed by atoms with van der Waals surface area (Å²) in [6.07, 6.45) is 0. The van der Waals surface area contributed by atoms with E-state index in [0.717, 1.165) is 5.46 Å². The molecule has 3 nitrogen and oxygen atoms in total. The fourth-order valence-electron chi connectivity index (χ4n) is 0.899. The lowest BCUT2D eigenvalue weighted by atomic mass is 9.94. The summed E-state index contributed by atoms with van der Waals surface area (Å²) in [4.78, 5) is 0. The van der Waals surface area contributed by atoms with E-state index < -0.39 is 0 Å². The highest BCUT2D eigenvalue weighted by atomic mass is 35.5. The van der Waals surface area contributed by atoms with Crippen LogP contribution in [0.4, 0.5) is 0 Å². The molecule has 0 aromatic heterocycles. The normalized spacial score (nSPS) is 11.6. The number of nitrogens with zero attached hydrogens (tertiary/aromatic N) is 1. The van der Waals surface area contributed by atoms with Crippen LogP contribution in [0, 0.1) is 0 Å². The van der Waals surface area contributed by atoms with Crippen molar-refractivity contribution in [3.63, 3.8) is 0 Å². The zero-order valence-corrected chi connectivity index (χ0v) is 7.34. The molecule has 12 heavy (non-hydrogen) atoms. The van der Waals surface area contributed by atoms with Crippen LogP contribution < -0.4 is 11.2 Å². The van der Waals surface area contributed by atoms with Gasteiger partial charge in [-0.05, 0) is 6.07 Å². The molecule has 1 rings (SSSR count). The number of oxime groups is 1. The lowest BCUT2D eigenvalue weighted by molar-refractivity contribution is 0.318. The van der Waals surface area contributed by atoms with E-state index in [4.69, 9.17) is 22.5 Å². The van der Waals surface area contributed by atoms with E-state index in [2.05, 4.69) is 5.16 Å². The van der Waals surface area contributed by atoms with E-state index in [0.29, 0.717) is 10.6 Å². The maximum Gasteiger partial charge on any atom is 0.171 e. The first-order valence-electron chi connectivity index (χ1n) is 3.40. The predicted molar refractivity (Wildman–Crippen MR) is 52.1 cm³/mol. The van der Waals surface area contributed by atoms with Crippen LogP contribution in [0.2, 0.25) is 5.02 Å². The summed E-state index contributed by atoms with van der Waals surface area (Å²) >= 11 is 5.89. The first-order chi connectivity index (χ1) is 5.66. The fraction of sp³-hybridized carbons (Fsp3) is 0. The van der Waals surface area contributed by atoms with Crippen LogP contribution in [0.25, 0.3) is 0 Å². The number of nitrogens with two attached hydrogens (primary N) is 1. The smallest absolute Gasteiger partial charge is 0.171 e. The van der Waals surface area contributed by atoms with Crippen molar-refractivity contribution in [1.29, 1.82) is 0 Å². The Morgan fingerprint density at radius 2 is 2.25 bits per heavy atom. The summed E-state index contributed by atoms with van der Waals surface area (Å²) in [6.45, 7) is 0. The molecule has 1 aromatic rings. The number of amidine groups is 1. The molecule has 1 aromatic carbocycles. The largest absolute Gasteiger partial charge is 0.409 e. The second-order valence-electron chi connectivity index (χ2n) is 2.42. The van der Waals surface area contributed by atoms with Gasteiger partial charge in [0.1, 0.15) is 7.85 Å². The summed E-state index contributed by atoms with van der Waals surface area (Å²) in [7, 11) is 1.86. The monoisotopic (exact) mass is 182 g/mol. The van der Waals surface area contributed by atoms with Gasteiger partial charge in [0.15, 0.2) is 5.84 Å². The predicted octanol–water partition coefficient (Wildman–Crippen LogP) is -0.307. The van der Waals surface area contributed by atoms with Crippen LogP contribution in [0.15, 0.2) is 23.4 Å². The second kappa shape index (κ2) is 3.49. The van der Waals surface area contributed by atoms with Crippen LogP contribution >= 0.6 is 11.6 Å². The van der Waals surface area contributed by atoms with Gasteiger partial charge in [0, 0.05) is 10.6 Å². The summed E-state index contributed by atoms with van der Waals surface area (Å²) in [6, 6.07) is 5.36. The molecule has 62 valence electrons. The molecule has 0 fully saturated rings. The van der Waals surface area contributed by atoms with Gasteiger partial charge in [-0.2, -0.15) is 0 Å². The molecule has 0 atom stereocenters. The van der Waals surface area contributed by atoms with E-state index in [1.165, 1.54) is 0 Å². The van der Waals surface area contributed by atoms with Crippen LogP contribution in [0.5, 0.6) is 0 Å². The van der Waals surface area contributed by atoms with Gasteiger partial charge in [-0.25, -0.2) is 0 Å². The quantitative estimate of drug-likeness (QED) is 0.206. The molecule has 0 unspecified atom stereocenters. The molecule has 3 N–H and O–H groups in total. The maximum atomic E-state index is 8.41. The van der Waals surface area contributed by atoms with Crippen molar-refractivity contribution in [2.75, 3.05) is 0 Å². The van der Waals surface area contributed by atoms with Gasteiger partial charge in [-0.1, -0.05) is 34.4 Å². The van der Waals surface area contributed by atoms with Gasteiger partial charge < -0.3 is 10.9 Å². The van der Waals surface area contributed by atoms with E-state index in [-0.39, 0.29) is 5.84 Å². The van der Waals surface area contributed by atoms with Gasteiger partial charge in [-0.15, -0.1) is 0 Å². The number of hydrogen-bond acceptors (Lipinski definition) is 2. The third-order valence-electron chi connectivity index (χ3n) is 1.58. The molecule has 0 amide bonds. The lowest BCUT2D eigenvalue weighted by Crippen LogP contribution is -2.17. The molecule has 0 radical (unpaired) electrons. The van der Waals surface area contributed by atoms with Gasteiger partial charge in [0.05, 0.1) is 0 Å². The third kappa shape index (κ3) is 1.53. The highest BCUT2D eigenvalue weighted by molar-refractivity contribution is 6.46. The summed E-state index contributed by atoms with van der Waals surface area (Å²) in [5, 5.41) is 11.8. The lowest BCUT2D eigenvalue weighted by Gasteiger charge is -2.03. The van der Waals surface area contributed by atoms with Crippen molar-refractivity contribution in [2.24, 2.45) is 10.9 Å². The average molecular weight is 182 g/mol. The molecule has 0 heterocycles. The van der Waals surface area contributed by atoms with E-state index >= 15 is 0 Å². The highest BCUT2D eigenvalue weighted by Crippen LogP contribution is 2.11. The first-order valence-corrected chi connectivity index (χ1v) is 3.77. The van der Waals surface area contributed by atoms with Crippen LogP contribution in [0.1, 0.15) is 5.56 Å². The summed E-state index contributed by atoms with van der Waals surface area (Å²) < 4.78 is 0. The molecule has 0 aliphatic heterocycles. The van der Waals surface area contributed by atoms with E-state index in [1.807, 2.05) is 13.9 Å². The van der Waals surface area contributed by atoms with Gasteiger partial charge >= 0.3 is 0 Å². The topological polar surface area (TPSA) is 58.6 Å². The number of benzene rings is 1. The zero-order chi connectivity index (χ0) is 9.14. The van der Waals surface area contributed by atoms with Crippen molar-refractivity contribution in [3.05, 3.63) is 28.8 Å². The zero-order valence-electron chi connectivity index (χ0n) is 6.58. The Labute approximate surface area is 76.2 Å². The SMILES string of the molecule is Bc1cccc(/C(N)=N\O)c1Cl. The molecular formula is C7H8BClN2O. The molecule has 0 bridgehead atoms. The molecule has 0 aliphatic carbocycles. The Bertz CT molecular complexity index is 327. The minimum atomic E-state index is 0.0312. The maximum absolute atomic E-state index is 8.41. The Morgan fingerprint density at radius 3 is 2.83 bits per heavy atom. The van der Waals surface area contributed by atoms with Crippen molar-refractivity contribution in [1.82, 2.24) is 0 Å². The van der Waals surface area contributed by atoms with E-state index in [9.17, 15) is 0 Å². The minimum Gasteiger partial charge on any atom is -0.409 e. The second-order valence-corrected chi connectivity index (χ2v) is 2.80. The van der Waals surface area contributed by atoms with Crippen molar-refractivity contribution in [2.45, 2.75) is 0 Å². The van der Waals surface area contributed by atoms with Crippen molar-refractivity contribution >= 4 is 30.7 Å². The van der Waals surface area contributed by atoms with Crippen LogP contribution in [-0.2, 0) is 0 Å². The molecule has 0 saturated heterocycles. The highest BCUT2D eigenvalue weighted by Gasteiger charge is 2.05. The Balaban J connectivity index is 3.26. The van der Waals surface area contributed by atoms with Crippen LogP contribution in [0.3, 0.4) is 0 Å². The fourth-order valence-corrected chi connectivity index (χ4v) is 1.12. The van der Waals surface area contributed by atoms with Gasteiger partial charge in [-0.3, -0.25) is 0 Å². The van der Waals surface area contributed by atoms with Crippen molar-refractivity contribution in [3.8, 4) is 0 Å². The van der Waals surface area contributed by atoms with Gasteiger partial charge in [0.25, 0.3) is 0 Å². The molecular weight excluding hydrogens is 174 g/mol. The van der Waals surface area contributed by atoms with Crippen LogP contribution in [-0.4, -0.2) is 18.9 Å². The molecule has 0 aliphatic rings. The Kier molecular flexibility index (Phi) is 2.60. The number of halogens is 1. The summed E-state index contributed by atoms with van der Waals surface area (Å²) in [5.41, 5.74) is 6.84. The molecule has 0 spiro atoms. The average Bonchev–Trinajstić information content (AvgIpc) is 2.08. The molecule has 0 saturated carbocycles. The first kappa shape index (κ1) is 8.94. The Hall–Kier alpha value is -1.16.